The second-order valence-electron chi connectivity index (χ2n) is 12.7. The van der Waals surface area contributed by atoms with Gasteiger partial charge in [-0.05, 0) is 156 Å². The number of rotatable bonds is 4. The fourth-order valence-corrected chi connectivity index (χ4v) is 8.91. The number of hydrogen-bond acceptors (Lipinski definition) is 4. The van der Waals surface area contributed by atoms with Gasteiger partial charge in [-0.1, -0.05) is 44.4 Å². The van der Waals surface area contributed by atoms with Crippen molar-refractivity contribution in [2.45, 2.75) is 109 Å². The minimum absolute atomic E-state index is 0. The molecule has 0 radical (unpaired) electrons. The van der Waals surface area contributed by atoms with Gasteiger partial charge >= 0.3 is 5.97 Å². The van der Waals surface area contributed by atoms with Gasteiger partial charge in [-0.25, -0.2) is 4.79 Å². The molecule has 45 heavy (non-hydrogen) atoms. The maximum absolute atomic E-state index is 12.6. The average Bonchev–Trinajstić information content (AvgIpc) is 3.18. The van der Waals surface area contributed by atoms with Crippen LogP contribution < -0.4 is 10.6 Å². The normalized spacial score (nSPS) is 18.3. The van der Waals surface area contributed by atoms with Gasteiger partial charge in [-0.2, -0.15) is 0 Å². The minimum Gasteiger partial charge on any atom is -0.509 e. The number of aliphatic carboxylic acids is 1. The number of halogens is 2. The Hall–Kier alpha value is -2.59. The summed E-state index contributed by atoms with van der Waals surface area (Å²) >= 11 is 4.55. The van der Waals surface area contributed by atoms with E-state index in [0.717, 1.165) is 85.5 Å². The Kier molecular flexibility index (Phi) is 11.7. The Bertz CT molecular complexity index is 1550. The molecule has 0 bridgehead atoms. The highest BCUT2D eigenvalue weighted by Crippen LogP contribution is 2.42. The van der Waals surface area contributed by atoms with Gasteiger partial charge in [0.2, 0.25) is 5.91 Å². The van der Waals surface area contributed by atoms with Crippen molar-refractivity contribution in [3.63, 3.8) is 0 Å². The lowest BCUT2D eigenvalue weighted by Crippen LogP contribution is -2.49. The topological polar surface area (TPSA) is 116 Å². The number of carboxylic acids is 1. The highest BCUT2D eigenvalue weighted by atomic mass is 127. The largest absolute Gasteiger partial charge is 0.509 e. The fourth-order valence-electron chi connectivity index (χ4n) is 7.04. The second-order valence-corrected chi connectivity index (χ2v) is 15.2. The molecule has 2 aliphatic carbocycles. The molecule has 1 heterocycles. The molecule has 0 unspecified atom stereocenters. The van der Waals surface area contributed by atoms with E-state index in [4.69, 9.17) is 5.11 Å². The zero-order valence-electron chi connectivity index (χ0n) is 26.5. The molecule has 4 N–H and O–H groups in total. The first kappa shape index (κ1) is 35.3. The smallest absolute Gasteiger partial charge is 0.381 e. The molecule has 5 rings (SSSR count). The van der Waals surface area contributed by atoms with Gasteiger partial charge < -0.3 is 20.8 Å². The van der Waals surface area contributed by atoms with Gasteiger partial charge in [0.25, 0.3) is 5.91 Å². The molecule has 7 nitrogen and oxygen atoms in total. The zero-order valence-corrected chi connectivity index (χ0v) is 30.8. The number of nitrogens with one attached hydrogen (secondary N) is 2. The minimum atomic E-state index is -1.15. The van der Waals surface area contributed by atoms with Crippen LogP contribution in [0.4, 0.5) is 0 Å². The van der Waals surface area contributed by atoms with Crippen LogP contribution in [0.15, 0.2) is 30.0 Å². The van der Waals surface area contributed by atoms with E-state index < -0.39 is 17.0 Å². The Labute approximate surface area is 296 Å². The molecule has 0 aromatic heterocycles. The molecule has 2 aromatic rings. The Morgan fingerprint density at radius 3 is 1.87 bits per heavy atom. The summed E-state index contributed by atoms with van der Waals surface area (Å²) in [6.07, 6.45) is 9.71. The number of benzene rings is 2. The van der Waals surface area contributed by atoms with Crippen LogP contribution >= 0.6 is 45.2 Å². The second kappa shape index (κ2) is 14.9. The lowest BCUT2D eigenvalue weighted by molar-refractivity contribution is -0.130. The Balaban J connectivity index is 0.000000315. The van der Waals surface area contributed by atoms with Crippen molar-refractivity contribution in [3.05, 3.63) is 70.5 Å². The summed E-state index contributed by atoms with van der Waals surface area (Å²) < 4.78 is 2.31. The number of carboxylic acid groups (broad SMARTS) is 1. The van der Waals surface area contributed by atoms with E-state index >= 15 is 0 Å². The predicted molar refractivity (Wildman–Crippen MR) is 198 cm³/mol. The van der Waals surface area contributed by atoms with Crippen LogP contribution in [-0.2, 0) is 20.8 Å². The number of amides is 2. The van der Waals surface area contributed by atoms with E-state index in [0.29, 0.717) is 24.8 Å². The third-order valence-electron chi connectivity index (χ3n) is 9.22. The summed E-state index contributed by atoms with van der Waals surface area (Å²) in [5.74, 6) is 3.91. The molecule has 2 amide bonds. The predicted octanol–water partition coefficient (Wildman–Crippen LogP) is 7.86. The number of carbonyl (C=O) groups excluding carboxylic acids is 2. The first-order valence-electron chi connectivity index (χ1n) is 15.6. The molecule has 0 saturated heterocycles. The highest BCUT2D eigenvalue weighted by Gasteiger charge is 2.46. The summed E-state index contributed by atoms with van der Waals surface area (Å²) in [6, 6.07) is 8.25. The van der Waals surface area contributed by atoms with Gasteiger partial charge in [0.1, 0.15) is 11.3 Å². The molecule has 1 spiro atoms. The van der Waals surface area contributed by atoms with E-state index in [1.54, 1.807) is 0 Å². The van der Waals surface area contributed by atoms with Crippen molar-refractivity contribution in [2.24, 2.45) is 0 Å². The number of aliphatic hydroxyl groups is 1. The molecule has 3 aliphatic rings. The molecule has 9 heteroatoms. The van der Waals surface area contributed by atoms with Gasteiger partial charge in [0, 0.05) is 15.9 Å². The fraction of sp³-hybridized carbons (Fsp3) is 0.472. The van der Waals surface area contributed by atoms with Crippen LogP contribution in [0.5, 0.6) is 0 Å². The monoisotopic (exact) mass is 840 g/mol. The molecule has 2 aromatic carbocycles. The van der Waals surface area contributed by atoms with Crippen LogP contribution in [-0.4, -0.2) is 39.1 Å². The third-order valence-corrected chi connectivity index (χ3v) is 10.5. The van der Waals surface area contributed by atoms with E-state index in [2.05, 4.69) is 91.9 Å². The lowest BCUT2D eigenvalue weighted by atomic mass is 9.80. The van der Waals surface area contributed by atoms with Gasteiger partial charge in [0.05, 0.1) is 17.5 Å². The number of aryl methyl sites for hydroxylation is 4. The van der Waals surface area contributed by atoms with Crippen LogP contribution in [0.3, 0.4) is 0 Å². The molecule has 2 saturated carbocycles. The van der Waals surface area contributed by atoms with Crippen LogP contribution in [0.25, 0.3) is 5.57 Å². The molecular weight excluding hydrogens is 794 g/mol. The van der Waals surface area contributed by atoms with E-state index in [9.17, 15) is 19.5 Å². The van der Waals surface area contributed by atoms with Gasteiger partial charge in [-0.15, -0.1) is 0 Å². The van der Waals surface area contributed by atoms with Crippen molar-refractivity contribution in [1.29, 1.82) is 0 Å². The SMILES string of the molecule is Cc1cc(I)cc(C)c1C1=C(O)C2(CCCCC2)NC1=O.Cc1cc(I)cc(C)c1CC(=O)NC1(C#CC(=O)O)CCCCC1.[HH].[HH]. The average molecular weight is 841 g/mol. The van der Waals surface area contributed by atoms with Crippen molar-refractivity contribution in [1.82, 2.24) is 10.6 Å². The Morgan fingerprint density at radius 2 is 1.36 bits per heavy atom. The summed E-state index contributed by atoms with van der Waals surface area (Å²) in [5.41, 5.74) is 5.51. The van der Waals surface area contributed by atoms with Crippen molar-refractivity contribution in [2.75, 3.05) is 0 Å². The molecule has 2 fully saturated rings. The quantitative estimate of drug-likeness (QED) is 0.185. The standard InChI is InChI=1S/C19H22INO3.C17H20INO2.2H2/c1-13-10-15(20)11-14(2)16(13)12-17(22)21-19(9-6-18(23)24)7-4-3-5-8-19;1-10-8-12(18)9-11(2)13(10)14-15(20)17(19-16(14)21)6-4-3-5-7-17;;/h10-11H,3-5,7-8,12H2,1-2H3,(H,21,22)(H,23,24);8-9,20H,3-7H2,1-2H3,(H,19,21);2*1H. The highest BCUT2D eigenvalue weighted by molar-refractivity contribution is 14.1. The summed E-state index contributed by atoms with van der Waals surface area (Å²) in [4.78, 5) is 35.9. The lowest BCUT2D eigenvalue weighted by Gasteiger charge is -2.33. The van der Waals surface area contributed by atoms with Crippen molar-refractivity contribution >= 4 is 68.5 Å². The summed E-state index contributed by atoms with van der Waals surface area (Å²) in [5, 5.41) is 25.7. The molecule has 244 valence electrons. The number of hydrogen-bond donors (Lipinski definition) is 4. The van der Waals surface area contributed by atoms with Crippen LogP contribution in [0.1, 0.15) is 100 Å². The first-order chi connectivity index (χ1) is 21.3. The van der Waals surface area contributed by atoms with E-state index in [1.807, 2.05) is 27.7 Å². The molecule has 0 atom stereocenters. The van der Waals surface area contributed by atoms with Crippen molar-refractivity contribution < 1.29 is 27.4 Å². The number of aliphatic hydroxyl groups excluding tert-OH is 1. The Morgan fingerprint density at radius 1 is 0.867 bits per heavy atom. The van der Waals surface area contributed by atoms with Crippen LogP contribution in [0, 0.1) is 46.7 Å². The molecular formula is C36H46I2N2O5. The van der Waals surface area contributed by atoms with E-state index in [-0.39, 0.29) is 20.4 Å². The van der Waals surface area contributed by atoms with Gasteiger partial charge in [-0.3, -0.25) is 9.59 Å². The van der Waals surface area contributed by atoms with E-state index in [1.165, 1.54) is 6.42 Å². The first-order valence-corrected chi connectivity index (χ1v) is 17.8. The number of carbonyl (C=O) groups is 3. The maximum atomic E-state index is 12.6. The summed E-state index contributed by atoms with van der Waals surface area (Å²) in [7, 11) is 0. The third kappa shape index (κ3) is 8.42. The van der Waals surface area contributed by atoms with Crippen LogP contribution in [0.2, 0.25) is 0 Å². The molecule has 1 aliphatic heterocycles. The maximum Gasteiger partial charge on any atom is 0.381 e. The van der Waals surface area contributed by atoms with Crippen molar-refractivity contribution in [3.8, 4) is 11.8 Å². The van der Waals surface area contributed by atoms with Gasteiger partial charge in [0.15, 0.2) is 0 Å². The summed E-state index contributed by atoms with van der Waals surface area (Å²) in [6.45, 7) is 8.03. The zero-order chi connectivity index (χ0) is 32.9.